The fourth-order valence-corrected chi connectivity index (χ4v) is 4.21. The van der Waals surface area contributed by atoms with Gasteiger partial charge in [0.1, 0.15) is 4.90 Å². The molecule has 1 aromatic rings. The Morgan fingerprint density at radius 1 is 1.48 bits per heavy atom. The molecule has 0 aromatic carbocycles. The molecule has 7 heteroatoms. The van der Waals surface area contributed by atoms with E-state index in [4.69, 9.17) is 10.5 Å². The van der Waals surface area contributed by atoms with Gasteiger partial charge in [-0.15, -0.1) is 0 Å². The highest BCUT2D eigenvalue weighted by atomic mass is 32.2. The SMILES string of the molecule is CC1CN(S(=O)(=O)c2cc(CN)n(C(C)C)c2)CCCO1. The number of hydrogen-bond acceptors (Lipinski definition) is 4. The summed E-state index contributed by atoms with van der Waals surface area (Å²) >= 11 is 0. The first-order valence-electron chi connectivity index (χ1n) is 7.38. The normalized spacial score (nSPS) is 21.7. The van der Waals surface area contributed by atoms with Crippen LogP contribution in [0.1, 0.15) is 38.9 Å². The number of nitrogens with zero attached hydrogens (tertiary/aromatic N) is 2. The molecule has 1 aromatic heterocycles. The minimum absolute atomic E-state index is 0.0801. The first kappa shape index (κ1) is 16.5. The summed E-state index contributed by atoms with van der Waals surface area (Å²) in [7, 11) is -3.49. The third kappa shape index (κ3) is 3.48. The topological polar surface area (TPSA) is 77.6 Å². The lowest BCUT2D eigenvalue weighted by molar-refractivity contribution is 0.0752. The standard InChI is InChI=1S/C14H25N3O3S/c1-11(2)17-10-14(7-13(17)8-15)21(18,19)16-5-4-6-20-12(3)9-16/h7,10-12H,4-6,8-9,15H2,1-3H3. The van der Waals surface area contributed by atoms with Crippen LogP contribution in [0, 0.1) is 0 Å². The van der Waals surface area contributed by atoms with E-state index in [1.165, 1.54) is 4.31 Å². The van der Waals surface area contributed by atoms with Crippen molar-refractivity contribution in [2.75, 3.05) is 19.7 Å². The van der Waals surface area contributed by atoms with Crippen molar-refractivity contribution in [2.24, 2.45) is 5.73 Å². The Hall–Kier alpha value is -0.890. The summed E-state index contributed by atoms with van der Waals surface area (Å²) in [4.78, 5) is 0.325. The number of nitrogens with two attached hydrogens (primary N) is 1. The predicted octanol–water partition coefficient (Wildman–Crippen LogP) is 1.33. The van der Waals surface area contributed by atoms with E-state index in [-0.39, 0.29) is 12.1 Å². The molecule has 6 nitrogen and oxygen atoms in total. The lowest BCUT2D eigenvalue weighted by atomic mass is 10.3. The van der Waals surface area contributed by atoms with Crippen molar-refractivity contribution < 1.29 is 13.2 Å². The molecule has 2 heterocycles. The van der Waals surface area contributed by atoms with Gasteiger partial charge < -0.3 is 15.0 Å². The van der Waals surface area contributed by atoms with Crippen LogP contribution in [0.5, 0.6) is 0 Å². The Bertz CT molecular complexity index is 580. The first-order chi connectivity index (χ1) is 9.86. The van der Waals surface area contributed by atoms with Gasteiger partial charge in [0.2, 0.25) is 10.0 Å². The van der Waals surface area contributed by atoms with Crippen molar-refractivity contribution >= 4 is 10.0 Å². The van der Waals surface area contributed by atoms with Crippen molar-refractivity contribution in [2.45, 2.75) is 50.8 Å². The zero-order valence-electron chi connectivity index (χ0n) is 12.9. The third-order valence-electron chi connectivity index (χ3n) is 3.73. The van der Waals surface area contributed by atoms with E-state index in [9.17, 15) is 8.42 Å². The van der Waals surface area contributed by atoms with Gasteiger partial charge in [-0.1, -0.05) is 0 Å². The molecule has 1 atom stereocenters. The molecular weight excluding hydrogens is 290 g/mol. The first-order valence-corrected chi connectivity index (χ1v) is 8.83. The highest BCUT2D eigenvalue weighted by Crippen LogP contribution is 2.23. The molecule has 1 aliphatic heterocycles. The molecule has 0 saturated carbocycles. The van der Waals surface area contributed by atoms with Crippen molar-refractivity contribution in [3.05, 3.63) is 18.0 Å². The molecule has 1 aliphatic rings. The van der Waals surface area contributed by atoms with Crippen LogP contribution in [0.25, 0.3) is 0 Å². The summed E-state index contributed by atoms with van der Waals surface area (Å²) in [6.07, 6.45) is 2.33. The zero-order valence-corrected chi connectivity index (χ0v) is 13.8. The lowest BCUT2D eigenvalue weighted by Crippen LogP contribution is -2.35. The van der Waals surface area contributed by atoms with Gasteiger partial charge >= 0.3 is 0 Å². The quantitative estimate of drug-likeness (QED) is 0.909. The molecular formula is C14H25N3O3S. The molecule has 1 saturated heterocycles. The van der Waals surface area contributed by atoms with Gasteiger partial charge in [0.15, 0.2) is 0 Å². The number of rotatable bonds is 4. The van der Waals surface area contributed by atoms with Gasteiger partial charge in [-0.3, -0.25) is 0 Å². The fourth-order valence-electron chi connectivity index (χ4n) is 2.61. The maximum Gasteiger partial charge on any atom is 0.244 e. The molecule has 1 unspecified atom stereocenters. The van der Waals surface area contributed by atoms with E-state index in [1.807, 2.05) is 25.3 Å². The summed E-state index contributed by atoms with van der Waals surface area (Å²) in [5.41, 5.74) is 6.56. The van der Waals surface area contributed by atoms with Gasteiger partial charge in [-0.25, -0.2) is 8.42 Å². The fraction of sp³-hybridized carbons (Fsp3) is 0.714. The lowest BCUT2D eigenvalue weighted by Gasteiger charge is -2.21. The van der Waals surface area contributed by atoms with Crippen LogP contribution in [0.4, 0.5) is 0 Å². The van der Waals surface area contributed by atoms with Crippen molar-refractivity contribution in [1.29, 1.82) is 0 Å². The molecule has 0 spiro atoms. The van der Waals surface area contributed by atoms with Crippen LogP contribution in [-0.4, -0.2) is 43.1 Å². The van der Waals surface area contributed by atoms with Crippen LogP contribution in [-0.2, 0) is 21.3 Å². The van der Waals surface area contributed by atoms with Crippen molar-refractivity contribution in [3.63, 3.8) is 0 Å². The summed E-state index contributed by atoms with van der Waals surface area (Å²) in [6, 6.07) is 1.87. The van der Waals surface area contributed by atoms with Crippen LogP contribution in [0.3, 0.4) is 0 Å². The number of ether oxygens (including phenoxy) is 1. The van der Waals surface area contributed by atoms with Crippen molar-refractivity contribution in [3.8, 4) is 0 Å². The van der Waals surface area contributed by atoms with Crippen LogP contribution in [0.2, 0.25) is 0 Å². The monoisotopic (exact) mass is 315 g/mol. The van der Waals surface area contributed by atoms with E-state index in [2.05, 4.69) is 0 Å². The van der Waals surface area contributed by atoms with Crippen LogP contribution in [0.15, 0.2) is 17.2 Å². The molecule has 2 N–H and O–H groups in total. The van der Waals surface area contributed by atoms with E-state index >= 15 is 0 Å². The molecule has 120 valence electrons. The highest BCUT2D eigenvalue weighted by Gasteiger charge is 2.29. The Kier molecular flexibility index (Phi) is 5.08. The van der Waals surface area contributed by atoms with E-state index in [1.54, 1.807) is 12.3 Å². The van der Waals surface area contributed by atoms with Gasteiger partial charge in [-0.05, 0) is 33.3 Å². The summed E-state index contributed by atoms with van der Waals surface area (Å²) in [5.74, 6) is 0. The van der Waals surface area contributed by atoms with Gasteiger partial charge in [-0.2, -0.15) is 4.31 Å². The number of aromatic nitrogens is 1. The van der Waals surface area contributed by atoms with Gasteiger partial charge in [0.05, 0.1) is 6.10 Å². The Balaban J connectivity index is 2.34. The molecule has 0 bridgehead atoms. The van der Waals surface area contributed by atoms with E-state index < -0.39 is 10.0 Å². The number of sulfonamides is 1. The molecule has 0 radical (unpaired) electrons. The van der Waals surface area contributed by atoms with E-state index in [0.717, 1.165) is 12.1 Å². The van der Waals surface area contributed by atoms with Gasteiger partial charge in [0, 0.05) is 44.2 Å². The summed E-state index contributed by atoms with van der Waals surface area (Å²) in [6.45, 7) is 7.75. The molecule has 0 aliphatic carbocycles. The Labute approximate surface area is 126 Å². The second kappa shape index (κ2) is 6.48. The average Bonchev–Trinajstić information content (AvgIpc) is 2.75. The minimum Gasteiger partial charge on any atom is -0.377 e. The molecule has 0 amide bonds. The molecule has 21 heavy (non-hydrogen) atoms. The Morgan fingerprint density at radius 3 is 2.76 bits per heavy atom. The summed E-state index contributed by atoms with van der Waals surface area (Å²) in [5, 5.41) is 0. The smallest absolute Gasteiger partial charge is 0.244 e. The highest BCUT2D eigenvalue weighted by molar-refractivity contribution is 7.89. The van der Waals surface area contributed by atoms with E-state index in [0.29, 0.717) is 31.1 Å². The summed E-state index contributed by atoms with van der Waals surface area (Å²) < 4.78 is 34.6. The predicted molar refractivity (Wildman–Crippen MR) is 81.5 cm³/mol. The minimum atomic E-state index is -3.49. The average molecular weight is 315 g/mol. The van der Waals surface area contributed by atoms with Crippen molar-refractivity contribution in [1.82, 2.24) is 8.87 Å². The maximum absolute atomic E-state index is 12.8. The third-order valence-corrected chi connectivity index (χ3v) is 5.56. The second-order valence-electron chi connectivity index (χ2n) is 5.77. The van der Waals surface area contributed by atoms with Crippen LogP contribution >= 0.6 is 0 Å². The molecule has 2 rings (SSSR count). The zero-order chi connectivity index (χ0) is 15.6. The largest absolute Gasteiger partial charge is 0.377 e. The second-order valence-corrected chi connectivity index (χ2v) is 7.71. The molecule has 1 fully saturated rings. The van der Waals surface area contributed by atoms with Gasteiger partial charge in [0.25, 0.3) is 0 Å². The maximum atomic E-state index is 12.8. The number of hydrogen-bond donors (Lipinski definition) is 1. The Morgan fingerprint density at radius 2 is 2.19 bits per heavy atom. The van der Waals surface area contributed by atoms with Crippen LogP contribution < -0.4 is 5.73 Å².